The highest BCUT2D eigenvalue weighted by Gasteiger charge is 2.27. The van der Waals surface area contributed by atoms with Gasteiger partial charge >= 0.3 is 0 Å². The second kappa shape index (κ2) is 9.35. The summed E-state index contributed by atoms with van der Waals surface area (Å²) in [5.41, 5.74) is 3.21. The van der Waals surface area contributed by atoms with Crippen LogP contribution in [0.15, 0.2) is 43.0 Å². The van der Waals surface area contributed by atoms with E-state index in [0.29, 0.717) is 17.0 Å². The fourth-order valence-electron chi connectivity index (χ4n) is 4.85. The maximum Gasteiger partial charge on any atom is 0.142 e. The predicted molar refractivity (Wildman–Crippen MR) is 127 cm³/mol. The second-order valence-electron chi connectivity index (χ2n) is 8.72. The van der Waals surface area contributed by atoms with Crippen LogP contribution in [0, 0.1) is 5.82 Å². The minimum atomic E-state index is -0.833. The zero-order chi connectivity index (χ0) is 23.8. The zero-order valence-electron chi connectivity index (χ0n) is 18.6. The van der Waals surface area contributed by atoms with Gasteiger partial charge in [0.05, 0.1) is 30.5 Å². The van der Waals surface area contributed by atoms with E-state index in [1.54, 1.807) is 18.6 Å². The van der Waals surface area contributed by atoms with Crippen LogP contribution in [0.3, 0.4) is 0 Å². The number of fused-ring (bicyclic) bond motifs is 1. The SMILES string of the molecule is COc1ccc(F)c(Cl)c1[C@@H](CF)c1c[nH]c2ncc(-c3cnn(C4CCC(O)CC4)c3)cc12. The number of ether oxygens (including phenoxy) is 1. The van der Waals surface area contributed by atoms with Gasteiger partial charge in [-0.15, -0.1) is 0 Å². The first-order valence-corrected chi connectivity index (χ1v) is 11.7. The molecule has 1 saturated carbocycles. The van der Waals surface area contributed by atoms with Gasteiger partial charge in [0.15, 0.2) is 0 Å². The topological polar surface area (TPSA) is 76.0 Å². The summed E-state index contributed by atoms with van der Waals surface area (Å²) in [5, 5.41) is 14.9. The zero-order valence-corrected chi connectivity index (χ0v) is 19.4. The lowest BCUT2D eigenvalue weighted by molar-refractivity contribution is 0.108. The van der Waals surface area contributed by atoms with Gasteiger partial charge in [-0.2, -0.15) is 5.10 Å². The van der Waals surface area contributed by atoms with Crippen molar-refractivity contribution in [1.82, 2.24) is 19.7 Å². The van der Waals surface area contributed by atoms with Gasteiger partial charge in [-0.3, -0.25) is 9.07 Å². The average molecular weight is 487 g/mol. The number of aromatic nitrogens is 4. The van der Waals surface area contributed by atoms with Crippen LogP contribution in [0.1, 0.15) is 48.8 Å². The van der Waals surface area contributed by atoms with Crippen LogP contribution in [0.2, 0.25) is 5.02 Å². The van der Waals surface area contributed by atoms with Crippen LogP contribution in [-0.2, 0) is 0 Å². The number of hydrogen-bond acceptors (Lipinski definition) is 4. The number of halogens is 3. The molecule has 0 aliphatic heterocycles. The Morgan fingerprint density at radius 1 is 1.24 bits per heavy atom. The molecule has 178 valence electrons. The highest BCUT2D eigenvalue weighted by atomic mass is 35.5. The summed E-state index contributed by atoms with van der Waals surface area (Å²) in [5.74, 6) is -1.14. The number of methoxy groups -OCH3 is 1. The summed E-state index contributed by atoms with van der Waals surface area (Å²) in [7, 11) is 1.45. The summed E-state index contributed by atoms with van der Waals surface area (Å²) < 4.78 is 36.0. The van der Waals surface area contributed by atoms with E-state index in [1.165, 1.54) is 19.2 Å². The van der Waals surface area contributed by atoms with Gasteiger partial charge in [-0.05, 0) is 49.4 Å². The van der Waals surface area contributed by atoms with Crippen molar-refractivity contribution in [2.75, 3.05) is 13.8 Å². The number of H-pyrrole nitrogens is 1. The van der Waals surface area contributed by atoms with E-state index in [-0.39, 0.29) is 22.7 Å². The molecule has 9 heteroatoms. The van der Waals surface area contributed by atoms with Gasteiger partial charge in [0, 0.05) is 46.6 Å². The Bertz CT molecular complexity index is 1310. The Kier molecular flexibility index (Phi) is 6.27. The number of aromatic amines is 1. The number of hydrogen-bond donors (Lipinski definition) is 2. The number of rotatable bonds is 6. The molecular weight excluding hydrogens is 462 g/mol. The maximum atomic E-state index is 14.4. The van der Waals surface area contributed by atoms with E-state index in [9.17, 15) is 13.9 Å². The smallest absolute Gasteiger partial charge is 0.142 e. The molecule has 1 atom stereocenters. The van der Waals surface area contributed by atoms with Crippen LogP contribution >= 0.6 is 11.6 Å². The van der Waals surface area contributed by atoms with Crippen molar-refractivity contribution in [3.63, 3.8) is 0 Å². The van der Waals surface area contributed by atoms with Gasteiger partial charge in [0.2, 0.25) is 0 Å². The highest BCUT2D eigenvalue weighted by Crippen LogP contribution is 2.41. The largest absolute Gasteiger partial charge is 0.496 e. The van der Waals surface area contributed by atoms with E-state index < -0.39 is 18.4 Å². The summed E-state index contributed by atoms with van der Waals surface area (Å²) >= 11 is 6.26. The fraction of sp³-hybridized carbons (Fsp3) is 0.360. The Morgan fingerprint density at radius 2 is 2.03 bits per heavy atom. The molecule has 0 bridgehead atoms. The quantitative estimate of drug-likeness (QED) is 0.361. The number of nitrogens with one attached hydrogen (secondary N) is 1. The lowest BCUT2D eigenvalue weighted by Gasteiger charge is -2.25. The minimum absolute atomic E-state index is 0.153. The van der Waals surface area contributed by atoms with Crippen LogP contribution in [0.25, 0.3) is 22.2 Å². The molecule has 2 N–H and O–H groups in total. The van der Waals surface area contributed by atoms with Crippen LogP contribution in [0.5, 0.6) is 5.75 Å². The van der Waals surface area contributed by atoms with Gasteiger partial charge in [0.25, 0.3) is 0 Å². The normalized spacial score (nSPS) is 19.4. The van der Waals surface area contributed by atoms with E-state index in [2.05, 4.69) is 15.1 Å². The molecule has 0 radical (unpaired) electrons. The minimum Gasteiger partial charge on any atom is -0.496 e. The summed E-state index contributed by atoms with van der Waals surface area (Å²) in [6.45, 7) is -0.790. The molecule has 0 unspecified atom stereocenters. The Morgan fingerprint density at radius 3 is 2.76 bits per heavy atom. The molecule has 1 aliphatic carbocycles. The molecule has 0 amide bonds. The van der Waals surface area contributed by atoms with Crippen molar-refractivity contribution in [1.29, 1.82) is 0 Å². The van der Waals surface area contributed by atoms with E-state index in [0.717, 1.165) is 42.2 Å². The van der Waals surface area contributed by atoms with Crippen LogP contribution in [-0.4, -0.2) is 44.7 Å². The third-order valence-corrected chi connectivity index (χ3v) is 7.11. The summed E-state index contributed by atoms with van der Waals surface area (Å²) in [4.78, 5) is 7.60. The molecule has 0 saturated heterocycles. The van der Waals surface area contributed by atoms with Crippen molar-refractivity contribution in [3.05, 3.63) is 65.0 Å². The van der Waals surface area contributed by atoms with Crippen molar-refractivity contribution >= 4 is 22.6 Å². The van der Waals surface area contributed by atoms with Gasteiger partial charge in [-0.1, -0.05) is 11.6 Å². The third kappa shape index (κ3) is 4.05. The van der Waals surface area contributed by atoms with Gasteiger partial charge in [0.1, 0.15) is 23.9 Å². The standard InChI is InChI=1S/C25H25ClF2N4O2/c1-34-22-7-6-21(28)24(26)23(22)19(9-27)20-12-30-25-18(20)8-14(10-29-25)15-11-31-32(13-15)16-2-4-17(33)5-3-16/h6-8,10-13,16-17,19,33H,2-5,9H2,1H3,(H,29,30)/t16?,17?,19-/m0/s1. The summed E-state index contributed by atoms with van der Waals surface area (Å²) in [6.07, 6.45) is 10.3. The lowest BCUT2D eigenvalue weighted by Crippen LogP contribution is -2.21. The molecular formula is C25H25ClF2N4O2. The molecule has 6 nitrogen and oxygen atoms in total. The van der Waals surface area contributed by atoms with Crippen molar-refractivity contribution in [2.24, 2.45) is 0 Å². The first-order chi connectivity index (χ1) is 16.5. The van der Waals surface area contributed by atoms with Gasteiger partial charge in [-0.25, -0.2) is 9.37 Å². The number of aliphatic hydroxyl groups is 1. The first kappa shape index (κ1) is 22.8. The molecule has 3 aromatic heterocycles. The number of nitrogens with zero attached hydrogens (tertiary/aromatic N) is 3. The number of benzene rings is 1. The maximum absolute atomic E-state index is 14.4. The molecule has 5 rings (SSSR count). The first-order valence-electron chi connectivity index (χ1n) is 11.3. The second-order valence-corrected chi connectivity index (χ2v) is 9.10. The lowest BCUT2D eigenvalue weighted by atomic mass is 9.91. The number of aliphatic hydroxyl groups excluding tert-OH is 1. The molecule has 4 aromatic rings. The fourth-order valence-corrected chi connectivity index (χ4v) is 5.13. The van der Waals surface area contributed by atoms with Crippen LogP contribution in [0.4, 0.5) is 8.78 Å². The van der Waals surface area contributed by atoms with Crippen molar-refractivity contribution in [2.45, 2.75) is 43.7 Å². The molecule has 0 spiro atoms. The average Bonchev–Trinajstić information content (AvgIpc) is 3.50. The monoisotopic (exact) mass is 486 g/mol. The number of alkyl halides is 1. The Labute approximate surface area is 200 Å². The van der Waals surface area contributed by atoms with E-state index >= 15 is 0 Å². The third-order valence-electron chi connectivity index (χ3n) is 6.73. The van der Waals surface area contributed by atoms with Gasteiger partial charge < -0.3 is 14.8 Å². The summed E-state index contributed by atoms with van der Waals surface area (Å²) in [6, 6.07) is 4.86. The van der Waals surface area contributed by atoms with Crippen LogP contribution < -0.4 is 4.74 Å². The number of pyridine rings is 1. The van der Waals surface area contributed by atoms with Crippen molar-refractivity contribution in [3.8, 4) is 16.9 Å². The Hall–Kier alpha value is -2.97. The molecule has 1 aromatic carbocycles. The predicted octanol–water partition coefficient (Wildman–Crippen LogP) is 5.80. The molecule has 34 heavy (non-hydrogen) atoms. The highest BCUT2D eigenvalue weighted by molar-refractivity contribution is 6.31. The van der Waals surface area contributed by atoms with E-state index in [4.69, 9.17) is 16.3 Å². The van der Waals surface area contributed by atoms with Crippen molar-refractivity contribution < 1.29 is 18.6 Å². The molecule has 1 aliphatic rings. The molecule has 1 fully saturated rings. The molecule has 3 heterocycles. The Balaban J connectivity index is 1.53. The van der Waals surface area contributed by atoms with E-state index in [1.807, 2.05) is 16.9 Å².